The van der Waals surface area contributed by atoms with Crippen LogP contribution in [0, 0.1) is 0 Å². The van der Waals surface area contributed by atoms with Gasteiger partial charge in [0.2, 0.25) is 0 Å². The molecule has 10 aromatic heterocycles. The molecule has 0 aliphatic heterocycles. The summed E-state index contributed by atoms with van der Waals surface area (Å²) >= 11 is 0. The van der Waals surface area contributed by atoms with Gasteiger partial charge < -0.3 is 13.7 Å². The van der Waals surface area contributed by atoms with Gasteiger partial charge in [-0.2, -0.15) is 0 Å². The molecule has 0 bridgehead atoms. The Kier molecular flexibility index (Phi) is 6.37. The van der Waals surface area contributed by atoms with Gasteiger partial charge in [-0.25, -0.2) is 0 Å². The van der Waals surface area contributed by atoms with Crippen molar-refractivity contribution in [2.75, 3.05) is 0 Å². The Morgan fingerprint density at radius 3 is 1.03 bits per heavy atom. The molecule has 14 aromatic rings. The molecule has 0 spiro atoms. The molecular formula is C52H31N9. The topological polar surface area (TPSA) is 75.7 Å². The Balaban J connectivity index is 1.35. The number of para-hydroxylation sites is 4. The van der Waals surface area contributed by atoms with Gasteiger partial charge in [-0.15, -0.1) is 0 Å². The molecule has 0 saturated heterocycles. The zero-order valence-corrected chi connectivity index (χ0v) is 32.4. The lowest BCUT2D eigenvalue weighted by Crippen LogP contribution is -2.17. The van der Waals surface area contributed by atoms with Gasteiger partial charge in [-0.05, 0) is 60.7 Å². The first-order chi connectivity index (χ1) is 30.3. The van der Waals surface area contributed by atoms with E-state index in [4.69, 9.17) is 9.97 Å². The third-order valence-electron chi connectivity index (χ3n) is 12.7. The molecular weight excluding hydrogens is 751 g/mol. The van der Waals surface area contributed by atoms with Crippen LogP contribution in [0.1, 0.15) is 0 Å². The van der Waals surface area contributed by atoms with Crippen LogP contribution in [0.3, 0.4) is 0 Å². The monoisotopic (exact) mass is 781 g/mol. The average molecular weight is 782 g/mol. The molecule has 10 heterocycles. The number of rotatable bonds is 4. The van der Waals surface area contributed by atoms with Crippen LogP contribution in [-0.4, -0.2) is 42.6 Å². The van der Waals surface area contributed by atoms with Crippen LogP contribution in [0.25, 0.3) is 116 Å². The van der Waals surface area contributed by atoms with E-state index in [1.165, 1.54) is 0 Å². The summed E-state index contributed by atoms with van der Waals surface area (Å²) in [6, 6.07) is 47.8. The number of pyridine rings is 5. The molecule has 0 atom stereocenters. The van der Waals surface area contributed by atoms with Crippen molar-refractivity contribution in [3.8, 4) is 22.9 Å². The van der Waals surface area contributed by atoms with E-state index in [0.717, 1.165) is 116 Å². The van der Waals surface area contributed by atoms with E-state index in [1.54, 1.807) is 0 Å². The van der Waals surface area contributed by atoms with Crippen molar-refractivity contribution in [3.05, 3.63) is 189 Å². The summed E-state index contributed by atoms with van der Waals surface area (Å²) in [6.07, 6.45) is 17.8. The van der Waals surface area contributed by atoms with Crippen molar-refractivity contribution < 1.29 is 0 Å². The first kappa shape index (κ1) is 32.4. The van der Waals surface area contributed by atoms with E-state index in [0.29, 0.717) is 0 Å². The maximum Gasteiger partial charge on any atom is 0.149 e. The van der Waals surface area contributed by atoms with Crippen LogP contribution in [-0.2, 0) is 0 Å². The van der Waals surface area contributed by atoms with Gasteiger partial charge in [-0.1, -0.05) is 72.8 Å². The fourth-order valence-corrected chi connectivity index (χ4v) is 10.3. The van der Waals surface area contributed by atoms with Crippen molar-refractivity contribution in [1.29, 1.82) is 0 Å². The fraction of sp³-hybridized carbons (Fsp3) is 0. The van der Waals surface area contributed by atoms with Gasteiger partial charge in [0, 0.05) is 98.9 Å². The average Bonchev–Trinajstić information content (AvgIpc) is 4.15. The molecule has 61 heavy (non-hydrogen) atoms. The zero-order valence-electron chi connectivity index (χ0n) is 32.4. The maximum atomic E-state index is 4.69. The molecule has 9 nitrogen and oxygen atoms in total. The Morgan fingerprint density at radius 2 is 0.590 bits per heavy atom. The van der Waals surface area contributed by atoms with Gasteiger partial charge in [0.1, 0.15) is 17.2 Å². The smallest absolute Gasteiger partial charge is 0.149 e. The van der Waals surface area contributed by atoms with Crippen molar-refractivity contribution in [1.82, 2.24) is 42.6 Å². The quantitative estimate of drug-likeness (QED) is 0.178. The molecule has 0 amide bonds. The van der Waals surface area contributed by atoms with Crippen molar-refractivity contribution in [3.63, 3.8) is 0 Å². The van der Waals surface area contributed by atoms with E-state index < -0.39 is 0 Å². The van der Waals surface area contributed by atoms with Crippen molar-refractivity contribution in [2.24, 2.45) is 0 Å². The van der Waals surface area contributed by atoms with Gasteiger partial charge in [0.15, 0.2) is 0 Å². The minimum Gasteiger partial charge on any atom is -0.305 e. The second-order valence-electron chi connectivity index (χ2n) is 15.6. The predicted molar refractivity (Wildman–Crippen MR) is 246 cm³/mol. The minimum absolute atomic E-state index is 0.984. The molecule has 0 aliphatic carbocycles. The van der Waals surface area contributed by atoms with Gasteiger partial charge in [0.25, 0.3) is 0 Å². The Hall–Kier alpha value is -8.56. The van der Waals surface area contributed by atoms with E-state index >= 15 is 0 Å². The Morgan fingerprint density at radius 1 is 0.262 bits per heavy atom. The first-order valence-corrected chi connectivity index (χ1v) is 20.4. The molecule has 0 fully saturated rings. The molecule has 0 saturated carbocycles. The van der Waals surface area contributed by atoms with Crippen molar-refractivity contribution >= 4 is 92.7 Å². The summed E-state index contributed by atoms with van der Waals surface area (Å²) in [6.45, 7) is 0. The third-order valence-corrected chi connectivity index (χ3v) is 12.7. The van der Waals surface area contributed by atoms with Crippen LogP contribution < -0.4 is 0 Å². The Labute approximate surface area is 346 Å². The van der Waals surface area contributed by atoms with Gasteiger partial charge >= 0.3 is 0 Å². The van der Waals surface area contributed by atoms with E-state index in [9.17, 15) is 0 Å². The lowest BCUT2D eigenvalue weighted by Gasteiger charge is -2.27. The van der Waals surface area contributed by atoms with Crippen LogP contribution in [0.2, 0.25) is 0 Å². The van der Waals surface area contributed by atoms with Crippen LogP contribution in [0.15, 0.2) is 189 Å². The first-order valence-electron chi connectivity index (χ1n) is 20.4. The summed E-state index contributed by atoms with van der Waals surface area (Å²) in [5, 5.41) is 8.83. The molecule has 9 heteroatoms. The highest BCUT2D eigenvalue weighted by atomic mass is 15.2. The molecule has 0 aliphatic rings. The molecule has 0 N–H and O–H groups in total. The summed E-state index contributed by atoms with van der Waals surface area (Å²) in [5.74, 6) is 0.984. The van der Waals surface area contributed by atoms with Crippen LogP contribution in [0.5, 0.6) is 0 Å². The number of aromatic nitrogens is 9. The largest absolute Gasteiger partial charge is 0.305 e. The normalized spacial score (nSPS) is 12.3. The SMILES string of the molecule is c1ccc2c(c1)c1cnccc1n2-c1c(-n2c3ccccc3c3cnccc32)c(-n2c3ccccc3c3cnccc32)n2cccc2c1-n1c2ccccc2c2cnccc21. The molecule has 284 valence electrons. The number of hydrogen-bond acceptors (Lipinski definition) is 4. The van der Waals surface area contributed by atoms with Crippen LogP contribution in [0.4, 0.5) is 0 Å². The number of benzene rings is 4. The van der Waals surface area contributed by atoms with Crippen molar-refractivity contribution in [2.45, 2.75) is 0 Å². The summed E-state index contributed by atoms with van der Waals surface area (Å²) in [4.78, 5) is 18.7. The van der Waals surface area contributed by atoms with E-state index in [1.807, 2.05) is 49.6 Å². The fourth-order valence-electron chi connectivity index (χ4n) is 10.3. The van der Waals surface area contributed by atoms with E-state index in [2.05, 4.69) is 172 Å². The molecule has 14 rings (SSSR count). The minimum atomic E-state index is 0.984. The number of nitrogens with zero attached hydrogens (tertiary/aromatic N) is 9. The lowest BCUT2D eigenvalue weighted by molar-refractivity contribution is 0.953. The summed E-state index contributed by atoms with van der Waals surface area (Å²) < 4.78 is 12.2. The molecule has 0 radical (unpaired) electrons. The highest BCUT2D eigenvalue weighted by Crippen LogP contribution is 2.47. The molecule has 0 unspecified atom stereocenters. The summed E-state index contributed by atoms with van der Waals surface area (Å²) in [5.41, 5.74) is 12.6. The third kappa shape index (κ3) is 4.18. The summed E-state index contributed by atoms with van der Waals surface area (Å²) in [7, 11) is 0. The highest BCUT2D eigenvalue weighted by molar-refractivity contribution is 6.15. The Bertz CT molecular complexity index is 3660. The standard InChI is InChI=1S/C52H31N9/c1-5-14-40-32(10-1)36-28-53-23-19-44(36)58(40)49-48-18-9-27-57(48)52(61-43-17-8-4-13-35(43)39-31-56-26-22-47(39)61)51(60-42-16-7-3-12-34(42)38-30-55-25-21-46(38)60)50(49)59-41-15-6-2-11-33(41)37-29-54-24-20-45(37)59/h1-31H. The lowest BCUT2D eigenvalue weighted by atomic mass is 10.1. The zero-order chi connectivity index (χ0) is 39.8. The van der Waals surface area contributed by atoms with Crippen LogP contribution >= 0.6 is 0 Å². The predicted octanol–water partition coefficient (Wildman–Crippen LogP) is 11.9. The van der Waals surface area contributed by atoms with E-state index in [-0.39, 0.29) is 0 Å². The number of fused-ring (bicyclic) bond motifs is 13. The maximum absolute atomic E-state index is 4.69. The van der Waals surface area contributed by atoms with Gasteiger partial charge in [0.05, 0.1) is 55.3 Å². The second kappa shape index (κ2) is 12.0. The molecule has 4 aromatic carbocycles. The van der Waals surface area contributed by atoms with Gasteiger partial charge in [-0.3, -0.25) is 28.9 Å². The number of hydrogen-bond donors (Lipinski definition) is 0. The second-order valence-corrected chi connectivity index (χ2v) is 15.6. The highest BCUT2D eigenvalue weighted by Gasteiger charge is 2.32.